The van der Waals surface area contributed by atoms with E-state index in [0.717, 1.165) is 24.3 Å². The molecule has 0 aliphatic carbocycles. The molecule has 1 aliphatic rings. The fourth-order valence-corrected chi connectivity index (χ4v) is 2.39. The van der Waals surface area contributed by atoms with Gasteiger partial charge in [-0.3, -0.25) is 4.79 Å². The van der Waals surface area contributed by atoms with Gasteiger partial charge in [0.2, 0.25) is 5.91 Å². The molecule has 124 valence electrons. The predicted molar refractivity (Wildman–Crippen MR) is 88.5 cm³/mol. The Labute approximate surface area is 137 Å². The second-order valence-corrected chi connectivity index (χ2v) is 5.98. The van der Waals surface area contributed by atoms with Gasteiger partial charge in [0.1, 0.15) is 18.5 Å². The van der Waals surface area contributed by atoms with Crippen molar-refractivity contribution in [3.8, 4) is 5.75 Å². The molecule has 2 rings (SSSR count). The van der Waals surface area contributed by atoms with Gasteiger partial charge in [0.15, 0.2) is 0 Å². The van der Waals surface area contributed by atoms with Crippen LogP contribution in [0.15, 0.2) is 24.3 Å². The third-order valence-corrected chi connectivity index (χ3v) is 3.85. The van der Waals surface area contributed by atoms with E-state index >= 15 is 0 Å². The zero-order chi connectivity index (χ0) is 15.3. The summed E-state index contributed by atoms with van der Waals surface area (Å²) in [5.41, 5.74) is 0.744. The topological polar surface area (TPSA) is 70.6 Å². The Hall–Kier alpha value is -1.30. The van der Waals surface area contributed by atoms with E-state index < -0.39 is 6.10 Å². The van der Waals surface area contributed by atoms with Crippen molar-refractivity contribution in [2.24, 2.45) is 5.41 Å². The first-order chi connectivity index (χ1) is 9.99. The predicted octanol–water partition coefficient (Wildman–Crippen LogP) is 1.27. The number of amides is 1. The number of aliphatic hydroxyl groups is 1. The van der Waals surface area contributed by atoms with E-state index in [0.29, 0.717) is 6.54 Å². The summed E-state index contributed by atoms with van der Waals surface area (Å²) in [5.74, 6) is 0.717. The Morgan fingerprint density at radius 3 is 2.95 bits per heavy atom. The monoisotopic (exact) mass is 328 g/mol. The minimum Gasteiger partial charge on any atom is -0.491 e. The number of rotatable bonds is 6. The number of nitrogens with one attached hydrogen (secondary N) is 2. The number of benzene rings is 1. The highest BCUT2D eigenvalue weighted by molar-refractivity contribution is 5.85. The van der Waals surface area contributed by atoms with Gasteiger partial charge in [-0.1, -0.05) is 12.1 Å². The lowest BCUT2D eigenvalue weighted by molar-refractivity contribution is -0.129. The number of carbonyl (C=O) groups excluding carboxylic acids is 1. The Bertz CT molecular complexity index is 490. The van der Waals surface area contributed by atoms with Crippen LogP contribution in [0.2, 0.25) is 0 Å². The van der Waals surface area contributed by atoms with E-state index in [4.69, 9.17) is 4.74 Å². The summed E-state index contributed by atoms with van der Waals surface area (Å²) < 4.78 is 5.52. The van der Waals surface area contributed by atoms with Gasteiger partial charge in [-0.05, 0) is 44.5 Å². The first kappa shape index (κ1) is 18.7. The minimum atomic E-state index is -0.715. The summed E-state index contributed by atoms with van der Waals surface area (Å²) in [6.07, 6.45) is 0.113. The number of carbonyl (C=O) groups is 1. The molecule has 0 spiro atoms. The molecule has 22 heavy (non-hydrogen) atoms. The molecule has 5 nitrogen and oxygen atoms in total. The third kappa shape index (κ3) is 5.16. The molecule has 1 aromatic carbocycles. The summed E-state index contributed by atoms with van der Waals surface area (Å²) >= 11 is 0. The fourth-order valence-electron chi connectivity index (χ4n) is 2.39. The van der Waals surface area contributed by atoms with Crippen LogP contribution in [0, 0.1) is 12.3 Å². The minimum absolute atomic E-state index is 0. The molecule has 1 fully saturated rings. The first-order valence-electron chi connectivity index (χ1n) is 7.36. The zero-order valence-electron chi connectivity index (χ0n) is 13.1. The van der Waals surface area contributed by atoms with E-state index in [1.165, 1.54) is 0 Å². The van der Waals surface area contributed by atoms with Crippen molar-refractivity contribution in [1.82, 2.24) is 10.6 Å². The molecule has 0 aromatic heterocycles. The van der Waals surface area contributed by atoms with Crippen LogP contribution in [-0.4, -0.2) is 43.4 Å². The Kier molecular flexibility index (Phi) is 7.13. The molecule has 1 aromatic rings. The highest BCUT2D eigenvalue weighted by Gasteiger charge is 2.36. The van der Waals surface area contributed by atoms with Crippen LogP contribution in [0.3, 0.4) is 0 Å². The summed E-state index contributed by atoms with van der Waals surface area (Å²) in [6, 6.07) is 7.66. The van der Waals surface area contributed by atoms with E-state index in [1.54, 1.807) is 0 Å². The van der Waals surface area contributed by atoms with Crippen molar-refractivity contribution in [3.05, 3.63) is 29.8 Å². The van der Waals surface area contributed by atoms with Gasteiger partial charge >= 0.3 is 0 Å². The molecule has 2 unspecified atom stereocenters. The number of aryl methyl sites for hydroxylation is 1. The maximum atomic E-state index is 12.1. The Balaban J connectivity index is 0.00000242. The van der Waals surface area contributed by atoms with Crippen molar-refractivity contribution < 1.29 is 14.6 Å². The number of halogens is 1. The largest absolute Gasteiger partial charge is 0.491 e. The third-order valence-electron chi connectivity index (χ3n) is 3.85. The molecule has 0 radical (unpaired) electrons. The normalized spacial score (nSPS) is 21.8. The molecule has 1 aliphatic heterocycles. The second kappa shape index (κ2) is 8.36. The number of hydrogen-bond acceptors (Lipinski definition) is 4. The number of ether oxygens (including phenoxy) is 1. The van der Waals surface area contributed by atoms with Crippen molar-refractivity contribution in [1.29, 1.82) is 0 Å². The molecule has 1 saturated heterocycles. The molecule has 1 amide bonds. The Morgan fingerprint density at radius 1 is 1.55 bits per heavy atom. The van der Waals surface area contributed by atoms with Crippen LogP contribution in [0.5, 0.6) is 5.75 Å². The molecule has 0 saturated carbocycles. The maximum Gasteiger partial charge on any atom is 0.227 e. The van der Waals surface area contributed by atoms with Crippen molar-refractivity contribution >= 4 is 18.3 Å². The van der Waals surface area contributed by atoms with Crippen LogP contribution < -0.4 is 15.4 Å². The van der Waals surface area contributed by atoms with Crippen molar-refractivity contribution in [3.63, 3.8) is 0 Å². The van der Waals surface area contributed by atoms with Gasteiger partial charge in [-0.15, -0.1) is 12.4 Å². The fraction of sp³-hybridized carbons (Fsp3) is 0.562. The molecule has 1 heterocycles. The molecule has 6 heteroatoms. The van der Waals surface area contributed by atoms with E-state index in [-0.39, 0.29) is 36.9 Å². The van der Waals surface area contributed by atoms with E-state index in [2.05, 4.69) is 10.6 Å². The molecular weight excluding hydrogens is 304 g/mol. The molecule has 0 bridgehead atoms. The molecular formula is C16H25ClN2O3. The van der Waals surface area contributed by atoms with Crippen LogP contribution in [0.1, 0.15) is 18.9 Å². The van der Waals surface area contributed by atoms with Gasteiger partial charge in [0.25, 0.3) is 0 Å². The van der Waals surface area contributed by atoms with Gasteiger partial charge in [0.05, 0.1) is 5.41 Å². The first-order valence-corrected chi connectivity index (χ1v) is 7.36. The van der Waals surface area contributed by atoms with Crippen LogP contribution >= 0.6 is 12.4 Å². The second-order valence-electron chi connectivity index (χ2n) is 5.98. The summed E-state index contributed by atoms with van der Waals surface area (Å²) in [4.78, 5) is 12.1. The smallest absolute Gasteiger partial charge is 0.227 e. The number of aliphatic hydroxyl groups excluding tert-OH is 1. The highest BCUT2D eigenvalue weighted by atomic mass is 35.5. The van der Waals surface area contributed by atoms with Gasteiger partial charge < -0.3 is 20.5 Å². The average molecular weight is 329 g/mol. The summed E-state index contributed by atoms with van der Waals surface area (Å²) in [5, 5.41) is 15.9. The van der Waals surface area contributed by atoms with Crippen molar-refractivity contribution in [2.45, 2.75) is 26.4 Å². The number of hydrogen-bond donors (Lipinski definition) is 3. The lowest BCUT2D eigenvalue weighted by Gasteiger charge is -2.22. The van der Waals surface area contributed by atoms with Gasteiger partial charge in [0, 0.05) is 13.1 Å². The SMILES string of the molecule is Cc1cccc(OCC(O)CNC(=O)C2(C)CCNC2)c1.Cl. The average Bonchev–Trinajstić information content (AvgIpc) is 2.91. The Morgan fingerprint density at radius 2 is 2.32 bits per heavy atom. The lowest BCUT2D eigenvalue weighted by atomic mass is 9.89. The van der Waals surface area contributed by atoms with Gasteiger partial charge in [-0.2, -0.15) is 0 Å². The van der Waals surface area contributed by atoms with Gasteiger partial charge in [-0.25, -0.2) is 0 Å². The quantitative estimate of drug-likeness (QED) is 0.735. The van der Waals surface area contributed by atoms with Crippen LogP contribution in [0.25, 0.3) is 0 Å². The van der Waals surface area contributed by atoms with Crippen molar-refractivity contribution in [2.75, 3.05) is 26.2 Å². The molecule has 3 N–H and O–H groups in total. The van der Waals surface area contributed by atoms with Crippen LogP contribution in [0.4, 0.5) is 0 Å². The van der Waals surface area contributed by atoms with E-state index in [1.807, 2.05) is 38.1 Å². The standard InChI is InChI=1S/C16H24N2O3.ClH/c1-12-4-3-5-14(8-12)21-10-13(19)9-18-15(20)16(2)6-7-17-11-16;/h3-5,8,13,17,19H,6-7,9-11H2,1-2H3,(H,18,20);1H. The summed E-state index contributed by atoms with van der Waals surface area (Å²) in [7, 11) is 0. The van der Waals surface area contributed by atoms with Crippen LogP contribution in [-0.2, 0) is 4.79 Å². The maximum absolute atomic E-state index is 12.1. The zero-order valence-corrected chi connectivity index (χ0v) is 13.9. The molecule has 2 atom stereocenters. The highest BCUT2D eigenvalue weighted by Crippen LogP contribution is 2.24. The van der Waals surface area contributed by atoms with E-state index in [9.17, 15) is 9.90 Å². The lowest BCUT2D eigenvalue weighted by Crippen LogP contribution is -2.44. The summed E-state index contributed by atoms with van der Waals surface area (Å²) in [6.45, 7) is 5.86.